The van der Waals surface area contributed by atoms with Crippen LogP contribution in [0.15, 0.2) is 35.7 Å². The molecule has 2 aromatic heterocycles. The van der Waals surface area contributed by atoms with E-state index in [1.807, 2.05) is 17.5 Å². The van der Waals surface area contributed by atoms with E-state index in [1.54, 1.807) is 29.5 Å². The number of carbonyl (C=O) groups excluding carboxylic acids is 1. The van der Waals surface area contributed by atoms with Crippen molar-refractivity contribution in [2.45, 2.75) is 0 Å². The van der Waals surface area contributed by atoms with Crippen LogP contribution in [0.25, 0.3) is 9.40 Å². The summed E-state index contributed by atoms with van der Waals surface area (Å²) < 4.78 is 2.22. The average Bonchev–Trinajstić information content (AvgIpc) is 3.01. The summed E-state index contributed by atoms with van der Waals surface area (Å²) in [5.41, 5.74) is 6.76. The molecule has 0 aliphatic heterocycles. The Morgan fingerprint density at radius 1 is 1.24 bits per heavy atom. The molecule has 0 saturated heterocycles. The molecule has 0 spiro atoms. The van der Waals surface area contributed by atoms with Gasteiger partial charge in [-0.05, 0) is 35.7 Å². The van der Waals surface area contributed by atoms with Crippen LogP contribution in [-0.4, -0.2) is 10.9 Å². The summed E-state index contributed by atoms with van der Waals surface area (Å²) in [5.74, 6) is -0.173. The average molecular weight is 353 g/mol. The summed E-state index contributed by atoms with van der Waals surface area (Å²) in [4.78, 5) is 13.2. The summed E-state index contributed by atoms with van der Waals surface area (Å²) in [7, 11) is 0. The van der Waals surface area contributed by atoms with Crippen LogP contribution in [-0.2, 0) is 0 Å². The van der Waals surface area contributed by atoms with Gasteiger partial charge in [0.1, 0.15) is 4.99 Å². The fourth-order valence-electron chi connectivity index (χ4n) is 1.83. The highest BCUT2D eigenvalue weighted by atomic mass is 35.5. The lowest BCUT2D eigenvalue weighted by Gasteiger charge is -2.07. The highest BCUT2D eigenvalue weighted by Crippen LogP contribution is 2.31. The van der Waals surface area contributed by atoms with Gasteiger partial charge in [0.05, 0.1) is 15.6 Å². The van der Waals surface area contributed by atoms with E-state index in [9.17, 15) is 4.79 Å². The van der Waals surface area contributed by atoms with Crippen LogP contribution in [0, 0.1) is 0 Å². The Balaban J connectivity index is 1.84. The molecule has 1 amide bonds. The Kier molecular flexibility index (Phi) is 3.95. The van der Waals surface area contributed by atoms with E-state index in [-0.39, 0.29) is 10.9 Å². The van der Waals surface area contributed by atoms with Gasteiger partial charge < -0.3 is 11.1 Å². The molecule has 106 valence electrons. The largest absolute Gasteiger partial charge is 0.389 e. The number of nitrogens with one attached hydrogen (secondary N) is 1. The highest BCUT2D eigenvalue weighted by Gasteiger charge is 2.13. The molecule has 0 aliphatic carbocycles. The van der Waals surface area contributed by atoms with Crippen molar-refractivity contribution in [3.05, 3.63) is 51.2 Å². The second kappa shape index (κ2) is 5.73. The predicted octanol–water partition coefficient (Wildman–Crippen LogP) is 4.50. The van der Waals surface area contributed by atoms with Crippen LogP contribution in [0.5, 0.6) is 0 Å². The summed E-state index contributed by atoms with van der Waals surface area (Å²) in [6, 6.07) is 8.97. The van der Waals surface area contributed by atoms with Crippen molar-refractivity contribution in [3.63, 3.8) is 0 Å². The van der Waals surface area contributed by atoms with E-state index in [0.29, 0.717) is 21.2 Å². The molecule has 1 aromatic carbocycles. The van der Waals surface area contributed by atoms with Gasteiger partial charge in [-0.15, -0.1) is 22.7 Å². The zero-order valence-corrected chi connectivity index (χ0v) is 13.8. The molecule has 3 rings (SSSR count). The second-order valence-corrected chi connectivity index (χ2v) is 7.15. The minimum atomic E-state index is -0.173. The standard InChI is InChI=1S/C14H9ClN2OS3/c15-8-5-7(13(16)19)1-2-9(8)17-14(18)12-6-11-10(21-12)3-4-20-11/h1-6H,(H2,16,19)(H,17,18). The minimum absolute atomic E-state index is 0.173. The third kappa shape index (κ3) is 2.94. The molecule has 3 N–H and O–H groups in total. The Labute approximate surface area is 139 Å². The molecule has 2 heterocycles. The molecule has 0 fully saturated rings. The molecule has 0 radical (unpaired) electrons. The zero-order valence-electron chi connectivity index (χ0n) is 10.6. The van der Waals surface area contributed by atoms with Gasteiger partial charge in [-0.2, -0.15) is 0 Å². The molecule has 3 aromatic rings. The quantitative estimate of drug-likeness (QED) is 0.682. The summed E-state index contributed by atoms with van der Waals surface area (Å²) in [6.07, 6.45) is 0. The maximum absolute atomic E-state index is 12.2. The number of halogens is 1. The number of nitrogens with two attached hydrogens (primary N) is 1. The Bertz CT molecular complexity index is 824. The molecule has 0 unspecified atom stereocenters. The number of fused-ring (bicyclic) bond motifs is 1. The third-order valence-electron chi connectivity index (χ3n) is 2.86. The molecule has 0 saturated carbocycles. The van der Waals surface area contributed by atoms with E-state index in [2.05, 4.69) is 5.32 Å². The van der Waals surface area contributed by atoms with Crippen LogP contribution in [0.1, 0.15) is 15.2 Å². The number of amides is 1. The molecule has 0 bridgehead atoms. The second-order valence-electron chi connectivity index (χ2n) is 4.27. The molecule has 21 heavy (non-hydrogen) atoms. The smallest absolute Gasteiger partial charge is 0.265 e. The number of thiophene rings is 2. The van der Waals surface area contributed by atoms with Crippen molar-refractivity contribution in [2.24, 2.45) is 5.73 Å². The van der Waals surface area contributed by atoms with Gasteiger partial charge in [-0.25, -0.2) is 0 Å². The Morgan fingerprint density at radius 2 is 2.05 bits per heavy atom. The lowest BCUT2D eigenvalue weighted by atomic mass is 10.2. The number of hydrogen-bond acceptors (Lipinski definition) is 4. The molecule has 0 aliphatic rings. The van der Waals surface area contributed by atoms with Crippen molar-refractivity contribution in [1.29, 1.82) is 0 Å². The van der Waals surface area contributed by atoms with Gasteiger partial charge in [0.2, 0.25) is 0 Å². The first-order chi connectivity index (χ1) is 10.0. The van der Waals surface area contributed by atoms with Crippen LogP contribution >= 0.6 is 46.5 Å². The van der Waals surface area contributed by atoms with Crippen molar-refractivity contribution in [3.8, 4) is 0 Å². The fraction of sp³-hybridized carbons (Fsp3) is 0. The highest BCUT2D eigenvalue weighted by molar-refractivity contribution is 7.80. The fourth-order valence-corrected chi connectivity index (χ4v) is 4.19. The SMILES string of the molecule is NC(=S)c1ccc(NC(=O)c2cc3sccc3s2)c(Cl)c1. The van der Waals surface area contributed by atoms with E-state index in [1.165, 1.54) is 11.3 Å². The van der Waals surface area contributed by atoms with Crippen molar-refractivity contribution in [2.75, 3.05) is 5.32 Å². The maximum atomic E-state index is 12.2. The number of anilines is 1. The lowest BCUT2D eigenvalue weighted by Crippen LogP contribution is -2.12. The first kappa shape index (κ1) is 14.5. The lowest BCUT2D eigenvalue weighted by molar-refractivity contribution is 0.103. The number of hydrogen-bond donors (Lipinski definition) is 2. The summed E-state index contributed by atoms with van der Waals surface area (Å²) in [5, 5.41) is 5.22. The van der Waals surface area contributed by atoms with Gasteiger partial charge in [-0.1, -0.05) is 23.8 Å². The van der Waals surface area contributed by atoms with Gasteiger partial charge in [0.25, 0.3) is 5.91 Å². The predicted molar refractivity (Wildman–Crippen MR) is 95.0 cm³/mol. The Morgan fingerprint density at radius 3 is 2.71 bits per heavy atom. The number of carbonyl (C=O) groups is 1. The molecular weight excluding hydrogens is 344 g/mol. The van der Waals surface area contributed by atoms with E-state index in [4.69, 9.17) is 29.6 Å². The summed E-state index contributed by atoms with van der Waals surface area (Å²) >= 11 is 14.1. The normalized spacial score (nSPS) is 10.7. The van der Waals surface area contributed by atoms with Crippen molar-refractivity contribution >= 4 is 72.5 Å². The third-order valence-corrected chi connectivity index (χ3v) is 5.51. The Hall–Kier alpha value is -1.47. The van der Waals surface area contributed by atoms with Gasteiger partial charge >= 0.3 is 0 Å². The van der Waals surface area contributed by atoms with Crippen LogP contribution < -0.4 is 11.1 Å². The monoisotopic (exact) mass is 352 g/mol. The van der Waals surface area contributed by atoms with Crippen molar-refractivity contribution in [1.82, 2.24) is 0 Å². The van der Waals surface area contributed by atoms with Crippen molar-refractivity contribution < 1.29 is 4.79 Å². The van der Waals surface area contributed by atoms with E-state index < -0.39 is 0 Å². The first-order valence-electron chi connectivity index (χ1n) is 5.92. The van der Waals surface area contributed by atoms with Gasteiger partial charge in [-0.3, -0.25) is 4.79 Å². The van der Waals surface area contributed by atoms with Crippen LogP contribution in [0.2, 0.25) is 5.02 Å². The van der Waals surface area contributed by atoms with Gasteiger partial charge in [0, 0.05) is 15.0 Å². The minimum Gasteiger partial charge on any atom is -0.389 e. The van der Waals surface area contributed by atoms with Crippen LogP contribution in [0.3, 0.4) is 0 Å². The number of rotatable bonds is 3. The number of thiocarbonyl (C=S) groups is 1. The van der Waals surface area contributed by atoms with E-state index >= 15 is 0 Å². The van der Waals surface area contributed by atoms with Gasteiger partial charge in [0.15, 0.2) is 0 Å². The molecule has 7 heteroatoms. The summed E-state index contributed by atoms with van der Waals surface area (Å²) in [6.45, 7) is 0. The molecule has 0 atom stereocenters. The molecule has 3 nitrogen and oxygen atoms in total. The zero-order chi connectivity index (χ0) is 15.0. The topological polar surface area (TPSA) is 55.1 Å². The number of benzene rings is 1. The first-order valence-corrected chi connectivity index (χ1v) is 8.40. The van der Waals surface area contributed by atoms with Crippen LogP contribution in [0.4, 0.5) is 5.69 Å². The van der Waals surface area contributed by atoms with E-state index in [0.717, 1.165) is 9.40 Å². The molecular formula is C14H9ClN2OS3. The maximum Gasteiger partial charge on any atom is 0.265 e.